The summed E-state index contributed by atoms with van der Waals surface area (Å²) in [6.45, 7) is 14.8. The van der Waals surface area contributed by atoms with Gasteiger partial charge in [0.05, 0.1) is 6.10 Å². The van der Waals surface area contributed by atoms with Gasteiger partial charge in [0.2, 0.25) is 12.2 Å². The van der Waals surface area contributed by atoms with Crippen molar-refractivity contribution in [3.8, 4) is 11.6 Å². The predicted molar refractivity (Wildman–Crippen MR) is 136 cm³/mol. The SMILES string of the molecule is Cc1c(Cc2ccc(OC(C)C)cc2)c(O[C@@H]2O[C@H](C(=O)OC(C)(C)C)[C@@H](O)[C@H](O)[C@H]2O)nn1C(C)C. The minimum atomic E-state index is -1.69. The minimum Gasteiger partial charge on any atom is -0.491 e. The van der Waals surface area contributed by atoms with E-state index in [0.717, 1.165) is 22.6 Å². The summed E-state index contributed by atoms with van der Waals surface area (Å²) in [5.74, 6) is 0.0981. The van der Waals surface area contributed by atoms with Crippen LogP contribution in [0.2, 0.25) is 0 Å². The molecule has 3 N–H and O–H groups in total. The summed E-state index contributed by atoms with van der Waals surface area (Å²) in [6.07, 6.45) is -7.48. The number of aliphatic hydroxyl groups is 3. The van der Waals surface area contributed by atoms with Crippen molar-refractivity contribution >= 4 is 5.97 Å². The van der Waals surface area contributed by atoms with Gasteiger partial charge in [0.25, 0.3) is 0 Å². The molecule has 0 bridgehead atoms. The third-order valence-corrected chi connectivity index (χ3v) is 5.84. The number of carbonyl (C=O) groups is 1. The van der Waals surface area contributed by atoms with Crippen molar-refractivity contribution in [1.82, 2.24) is 9.78 Å². The standard InChI is InChI=1S/C27H40N2O8/c1-14(2)29-16(5)19(13-17-9-11-18(12-10-17)34-15(3)4)24(28-29)36-26-22(32)20(30)21(31)23(35-26)25(33)37-27(6,7)8/h9-12,14-15,20-23,26,30-32H,13H2,1-8H3/t20-,21-,22+,23-,26-/m0/s1. The molecule has 5 atom stereocenters. The van der Waals surface area contributed by atoms with Gasteiger partial charge in [0, 0.05) is 23.7 Å². The molecule has 0 spiro atoms. The van der Waals surface area contributed by atoms with Crippen LogP contribution in [0.15, 0.2) is 24.3 Å². The quantitative estimate of drug-likeness (QED) is 0.449. The highest BCUT2D eigenvalue weighted by Crippen LogP contribution is 2.31. The van der Waals surface area contributed by atoms with Gasteiger partial charge in [-0.2, -0.15) is 0 Å². The zero-order valence-electron chi connectivity index (χ0n) is 22.8. The minimum absolute atomic E-state index is 0.0250. The third kappa shape index (κ3) is 7.01. The molecule has 1 aliphatic heterocycles. The molecule has 37 heavy (non-hydrogen) atoms. The lowest BCUT2D eigenvalue weighted by Gasteiger charge is -2.39. The Morgan fingerprint density at radius 3 is 2.22 bits per heavy atom. The van der Waals surface area contributed by atoms with Crippen LogP contribution >= 0.6 is 0 Å². The Balaban J connectivity index is 1.88. The van der Waals surface area contributed by atoms with Crippen molar-refractivity contribution < 1.29 is 39.1 Å². The van der Waals surface area contributed by atoms with E-state index in [1.807, 2.05) is 58.9 Å². The molecule has 1 aromatic carbocycles. The molecule has 2 aromatic rings. The summed E-state index contributed by atoms with van der Waals surface area (Å²) in [5, 5.41) is 36.0. The summed E-state index contributed by atoms with van der Waals surface area (Å²) >= 11 is 0. The second-order valence-electron chi connectivity index (χ2n) is 10.9. The number of carbonyl (C=O) groups excluding carboxylic acids is 1. The summed E-state index contributed by atoms with van der Waals surface area (Å²) in [6, 6.07) is 7.73. The highest BCUT2D eigenvalue weighted by atomic mass is 16.7. The lowest BCUT2D eigenvalue weighted by atomic mass is 9.98. The molecule has 10 nitrogen and oxygen atoms in total. The Bertz CT molecular complexity index is 1060. The van der Waals surface area contributed by atoms with E-state index in [4.69, 9.17) is 18.9 Å². The van der Waals surface area contributed by atoms with E-state index in [9.17, 15) is 20.1 Å². The van der Waals surface area contributed by atoms with Gasteiger partial charge < -0.3 is 34.3 Å². The van der Waals surface area contributed by atoms with Crippen LogP contribution in [0.1, 0.15) is 71.3 Å². The number of esters is 1. The first-order valence-corrected chi connectivity index (χ1v) is 12.6. The van der Waals surface area contributed by atoms with Gasteiger partial charge in [-0.1, -0.05) is 12.1 Å². The predicted octanol–water partition coefficient (Wildman–Crippen LogP) is 2.68. The van der Waals surface area contributed by atoms with Gasteiger partial charge in [-0.3, -0.25) is 4.68 Å². The van der Waals surface area contributed by atoms with E-state index in [1.54, 1.807) is 25.5 Å². The van der Waals surface area contributed by atoms with Crippen molar-refractivity contribution in [2.45, 2.75) is 110 Å². The highest BCUT2D eigenvalue weighted by molar-refractivity contribution is 5.76. The van der Waals surface area contributed by atoms with Crippen LogP contribution in [-0.2, 0) is 20.7 Å². The zero-order valence-corrected chi connectivity index (χ0v) is 22.8. The molecule has 10 heteroatoms. The number of hydrogen-bond acceptors (Lipinski definition) is 9. The van der Waals surface area contributed by atoms with Gasteiger partial charge >= 0.3 is 5.97 Å². The van der Waals surface area contributed by atoms with Crippen LogP contribution < -0.4 is 9.47 Å². The van der Waals surface area contributed by atoms with Gasteiger partial charge in [0.15, 0.2) is 6.10 Å². The number of rotatable bonds is 8. The van der Waals surface area contributed by atoms with E-state index >= 15 is 0 Å². The first kappa shape index (κ1) is 28.9. The normalized spacial score (nSPS) is 24.4. The fraction of sp³-hybridized carbons (Fsp3) is 0.630. The number of hydrogen-bond donors (Lipinski definition) is 3. The van der Waals surface area contributed by atoms with Crippen LogP contribution in [0.4, 0.5) is 0 Å². The summed E-state index contributed by atoms with van der Waals surface area (Å²) in [5.41, 5.74) is 1.77. The van der Waals surface area contributed by atoms with Crippen LogP contribution in [0.5, 0.6) is 11.6 Å². The first-order chi connectivity index (χ1) is 17.2. The van der Waals surface area contributed by atoms with Gasteiger partial charge in [-0.05, 0) is 73.1 Å². The van der Waals surface area contributed by atoms with Crippen LogP contribution in [0, 0.1) is 6.92 Å². The summed E-state index contributed by atoms with van der Waals surface area (Å²) < 4.78 is 24.5. The zero-order chi connectivity index (χ0) is 27.7. The van der Waals surface area contributed by atoms with Crippen LogP contribution in [0.25, 0.3) is 0 Å². The number of benzene rings is 1. The molecule has 3 rings (SSSR count). The van der Waals surface area contributed by atoms with Gasteiger partial charge in [0.1, 0.15) is 29.7 Å². The molecule has 2 heterocycles. The van der Waals surface area contributed by atoms with Crippen molar-refractivity contribution in [3.05, 3.63) is 41.1 Å². The van der Waals surface area contributed by atoms with E-state index in [2.05, 4.69) is 5.10 Å². The fourth-order valence-corrected chi connectivity index (χ4v) is 4.10. The van der Waals surface area contributed by atoms with E-state index in [0.29, 0.717) is 6.42 Å². The molecule has 1 aliphatic rings. The Kier molecular flexibility index (Phi) is 8.89. The second kappa shape index (κ2) is 11.4. The van der Waals surface area contributed by atoms with E-state index in [1.165, 1.54) is 0 Å². The molecular weight excluding hydrogens is 480 g/mol. The third-order valence-electron chi connectivity index (χ3n) is 5.84. The summed E-state index contributed by atoms with van der Waals surface area (Å²) in [7, 11) is 0. The number of aromatic nitrogens is 2. The molecule has 1 aromatic heterocycles. The highest BCUT2D eigenvalue weighted by Gasteiger charge is 2.49. The lowest BCUT2D eigenvalue weighted by Crippen LogP contribution is -2.61. The average molecular weight is 521 g/mol. The fourth-order valence-electron chi connectivity index (χ4n) is 4.10. The van der Waals surface area contributed by atoms with Crippen LogP contribution in [0.3, 0.4) is 0 Å². The van der Waals surface area contributed by atoms with Crippen molar-refractivity contribution in [3.63, 3.8) is 0 Å². The van der Waals surface area contributed by atoms with Crippen molar-refractivity contribution in [2.24, 2.45) is 0 Å². The Morgan fingerprint density at radius 2 is 1.68 bits per heavy atom. The molecule has 0 saturated carbocycles. The molecule has 1 fully saturated rings. The maximum atomic E-state index is 12.6. The number of ether oxygens (including phenoxy) is 4. The Morgan fingerprint density at radius 1 is 1.05 bits per heavy atom. The maximum Gasteiger partial charge on any atom is 0.338 e. The molecule has 1 saturated heterocycles. The molecule has 0 amide bonds. The van der Waals surface area contributed by atoms with Gasteiger partial charge in [-0.15, -0.1) is 5.10 Å². The maximum absolute atomic E-state index is 12.6. The lowest BCUT2D eigenvalue weighted by molar-refractivity contribution is -0.275. The largest absolute Gasteiger partial charge is 0.491 e. The number of aliphatic hydroxyl groups excluding tert-OH is 3. The first-order valence-electron chi connectivity index (χ1n) is 12.6. The smallest absolute Gasteiger partial charge is 0.338 e. The molecule has 206 valence electrons. The molecule has 0 aliphatic carbocycles. The molecular formula is C27H40N2O8. The monoisotopic (exact) mass is 520 g/mol. The Labute approximate surface area is 218 Å². The van der Waals surface area contributed by atoms with Gasteiger partial charge in [-0.25, -0.2) is 4.79 Å². The summed E-state index contributed by atoms with van der Waals surface area (Å²) in [4.78, 5) is 12.6. The average Bonchev–Trinajstić information content (AvgIpc) is 3.09. The Hall–Kier alpha value is -2.66. The molecule has 0 unspecified atom stereocenters. The number of nitrogens with zero attached hydrogens (tertiary/aromatic N) is 2. The second-order valence-corrected chi connectivity index (χ2v) is 10.9. The van der Waals surface area contributed by atoms with Crippen molar-refractivity contribution in [1.29, 1.82) is 0 Å². The van der Waals surface area contributed by atoms with Crippen molar-refractivity contribution in [2.75, 3.05) is 0 Å². The topological polar surface area (TPSA) is 133 Å². The van der Waals surface area contributed by atoms with E-state index < -0.39 is 42.3 Å². The molecule has 0 radical (unpaired) electrons. The van der Waals surface area contributed by atoms with E-state index in [-0.39, 0.29) is 18.0 Å². The van der Waals surface area contributed by atoms with Crippen LogP contribution in [-0.4, -0.2) is 73.5 Å².